The second-order valence-electron chi connectivity index (χ2n) is 6.83. The summed E-state index contributed by atoms with van der Waals surface area (Å²) in [6.45, 7) is 1.74. The summed E-state index contributed by atoms with van der Waals surface area (Å²) >= 11 is 0. The van der Waals surface area contributed by atoms with Crippen molar-refractivity contribution in [3.63, 3.8) is 0 Å². The van der Waals surface area contributed by atoms with E-state index in [0.717, 1.165) is 13.1 Å². The minimum absolute atomic E-state index is 0.263. The SMILES string of the molecule is CN(C)Cc1ccc(C(=O)NN)cc1.COC(=O)c1ccc(CN(C)C)cc1. The summed E-state index contributed by atoms with van der Waals surface area (Å²) in [5.41, 5.74) is 5.62. The van der Waals surface area contributed by atoms with E-state index in [-0.39, 0.29) is 11.9 Å². The summed E-state index contributed by atoms with van der Waals surface area (Å²) in [6, 6.07) is 14.8. The fraction of sp³-hybridized carbons (Fsp3) is 0.333. The number of amides is 1. The van der Waals surface area contributed by atoms with E-state index < -0.39 is 0 Å². The molecule has 0 spiro atoms. The number of nitrogen functional groups attached to an aromatic ring is 1. The van der Waals surface area contributed by atoms with Gasteiger partial charge in [0.05, 0.1) is 12.7 Å². The average molecular weight is 386 g/mol. The Kier molecular flexibility index (Phi) is 9.87. The lowest BCUT2D eigenvalue weighted by Crippen LogP contribution is -2.29. The quantitative estimate of drug-likeness (QED) is 0.341. The van der Waals surface area contributed by atoms with Crippen molar-refractivity contribution in [2.45, 2.75) is 13.1 Å². The van der Waals surface area contributed by atoms with Crippen molar-refractivity contribution < 1.29 is 14.3 Å². The number of methoxy groups -OCH3 is 1. The van der Waals surface area contributed by atoms with Crippen LogP contribution in [0.5, 0.6) is 0 Å². The van der Waals surface area contributed by atoms with E-state index >= 15 is 0 Å². The van der Waals surface area contributed by atoms with E-state index in [2.05, 4.69) is 20.0 Å². The number of hydrogen-bond donors (Lipinski definition) is 2. The molecule has 0 fully saturated rings. The van der Waals surface area contributed by atoms with Crippen molar-refractivity contribution in [1.29, 1.82) is 0 Å². The number of nitrogens with one attached hydrogen (secondary N) is 1. The van der Waals surface area contributed by atoms with E-state index in [0.29, 0.717) is 11.1 Å². The lowest BCUT2D eigenvalue weighted by atomic mass is 10.1. The van der Waals surface area contributed by atoms with Gasteiger partial charge in [0, 0.05) is 18.7 Å². The van der Waals surface area contributed by atoms with Crippen molar-refractivity contribution in [2.24, 2.45) is 5.84 Å². The average Bonchev–Trinajstić information content (AvgIpc) is 2.67. The van der Waals surface area contributed by atoms with Gasteiger partial charge in [-0.2, -0.15) is 0 Å². The summed E-state index contributed by atoms with van der Waals surface area (Å²) in [7, 11) is 9.40. The molecule has 0 saturated carbocycles. The van der Waals surface area contributed by atoms with Gasteiger partial charge in [0.1, 0.15) is 0 Å². The fourth-order valence-corrected chi connectivity index (χ4v) is 2.44. The van der Waals surface area contributed by atoms with Gasteiger partial charge in [-0.15, -0.1) is 0 Å². The number of esters is 1. The number of carbonyl (C=O) groups is 2. The van der Waals surface area contributed by atoms with Gasteiger partial charge in [0.15, 0.2) is 0 Å². The highest BCUT2D eigenvalue weighted by Gasteiger charge is 2.04. The van der Waals surface area contributed by atoms with Crippen LogP contribution in [-0.2, 0) is 17.8 Å². The Morgan fingerprint density at radius 2 is 1.21 bits per heavy atom. The van der Waals surface area contributed by atoms with Crippen molar-refractivity contribution in [3.05, 3.63) is 70.8 Å². The first kappa shape index (κ1) is 23.3. The molecule has 0 unspecified atom stereocenters. The van der Waals surface area contributed by atoms with Crippen LogP contribution in [0.15, 0.2) is 48.5 Å². The number of benzene rings is 2. The predicted octanol–water partition coefficient (Wildman–Crippen LogP) is 1.89. The largest absolute Gasteiger partial charge is 0.465 e. The Bertz CT molecular complexity index is 676. The Morgan fingerprint density at radius 1 is 0.821 bits per heavy atom. The molecule has 28 heavy (non-hydrogen) atoms. The van der Waals surface area contributed by atoms with Gasteiger partial charge in [-0.05, 0) is 63.6 Å². The van der Waals surface area contributed by atoms with Crippen molar-refractivity contribution in [3.8, 4) is 0 Å². The lowest BCUT2D eigenvalue weighted by molar-refractivity contribution is 0.0600. The molecule has 0 bridgehead atoms. The van der Waals surface area contributed by atoms with Crippen LogP contribution in [0.2, 0.25) is 0 Å². The molecule has 2 aromatic carbocycles. The zero-order valence-electron chi connectivity index (χ0n) is 17.2. The van der Waals surface area contributed by atoms with Crippen molar-refractivity contribution in [2.75, 3.05) is 35.3 Å². The number of nitrogens with two attached hydrogens (primary N) is 1. The molecule has 0 saturated heterocycles. The lowest BCUT2D eigenvalue weighted by Gasteiger charge is -2.09. The van der Waals surface area contributed by atoms with Crippen LogP contribution in [-0.4, -0.2) is 57.0 Å². The summed E-state index contributed by atoms with van der Waals surface area (Å²) in [6.07, 6.45) is 0. The maximum atomic E-state index is 11.1. The fourth-order valence-electron chi connectivity index (χ4n) is 2.44. The minimum atomic E-state index is -0.290. The maximum absolute atomic E-state index is 11.1. The Hall–Kier alpha value is -2.74. The van der Waals surface area contributed by atoms with Crippen molar-refractivity contribution >= 4 is 11.9 Å². The van der Waals surface area contributed by atoms with Crippen LogP contribution in [0, 0.1) is 0 Å². The van der Waals surface area contributed by atoms with Crippen LogP contribution < -0.4 is 11.3 Å². The van der Waals surface area contributed by atoms with E-state index in [4.69, 9.17) is 5.84 Å². The first-order valence-corrected chi connectivity index (χ1v) is 8.83. The number of ether oxygens (including phenoxy) is 1. The summed E-state index contributed by atoms with van der Waals surface area (Å²) < 4.78 is 4.61. The third kappa shape index (κ3) is 8.30. The molecule has 0 atom stereocenters. The molecule has 2 rings (SSSR count). The van der Waals surface area contributed by atoms with Gasteiger partial charge in [-0.25, -0.2) is 10.6 Å². The second-order valence-corrected chi connectivity index (χ2v) is 6.83. The van der Waals surface area contributed by atoms with E-state index in [1.165, 1.54) is 18.2 Å². The first-order chi connectivity index (χ1) is 13.3. The Balaban J connectivity index is 0.000000280. The van der Waals surface area contributed by atoms with E-state index in [1.54, 1.807) is 24.3 Å². The number of rotatable bonds is 6. The van der Waals surface area contributed by atoms with Gasteiger partial charge in [0.2, 0.25) is 0 Å². The molecule has 2 aromatic rings. The summed E-state index contributed by atoms with van der Waals surface area (Å²) in [5.74, 6) is 4.46. The summed E-state index contributed by atoms with van der Waals surface area (Å²) in [4.78, 5) is 26.4. The Morgan fingerprint density at radius 3 is 1.54 bits per heavy atom. The molecule has 0 heterocycles. The van der Waals surface area contributed by atoms with E-state index in [1.807, 2.05) is 52.5 Å². The van der Waals surface area contributed by atoms with Gasteiger partial charge in [-0.1, -0.05) is 24.3 Å². The van der Waals surface area contributed by atoms with Gasteiger partial charge in [-0.3, -0.25) is 10.2 Å². The maximum Gasteiger partial charge on any atom is 0.337 e. The number of hydrogen-bond acceptors (Lipinski definition) is 6. The molecule has 0 radical (unpaired) electrons. The molecule has 7 heteroatoms. The number of nitrogens with zero attached hydrogens (tertiary/aromatic N) is 2. The van der Waals surface area contributed by atoms with Crippen LogP contribution in [0.1, 0.15) is 31.8 Å². The smallest absolute Gasteiger partial charge is 0.337 e. The van der Waals surface area contributed by atoms with Gasteiger partial charge in [0.25, 0.3) is 5.91 Å². The highest BCUT2D eigenvalue weighted by Crippen LogP contribution is 2.07. The first-order valence-electron chi connectivity index (χ1n) is 8.83. The molecular formula is C21H30N4O3. The summed E-state index contributed by atoms with van der Waals surface area (Å²) in [5, 5.41) is 0. The van der Waals surface area contributed by atoms with Crippen LogP contribution in [0.4, 0.5) is 0 Å². The molecule has 3 N–H and O–H groups in total. The molecule has 0 aliphatic carbocycles. The third-order valence-corrected chi connectivity index (χ3v) is 3.72. The number of carbonyl (C=O) groups excluding carboxylic acids is 2. The van der Waals surface area contributed by atoms with Gasteiger partial charge < -0.3 is 14.5 Å². The molecular weight excluding hydrogens is 356 g/mol. The standard InChI is InChI=1S/C11H15NO2.C10H15N3O/c1-12(2)8-9-4-6-10(7-5-9)11(13)14-3;1-13(2)7-8-3-5-9(6-4-8)10(14)12-11/h4-7H,8H2,1-3H3;3-6H,7,11H2,1-2H3,(H,12,14). The minimum Gasteiger partial charge on any atom is -0.465 e. The highest BCUT2D eigenvalue weighted by atomic mass is 16.5. The van der Waals surface area contributed by atoms with Gasteiger partial charge >= 0.3 is 5.97 Å². The van der Waals surface area contributed by atoms with Crippen molar-refractivity contribution in [1.82, 2.24) is 15.2 Å². The van der Waals surface area contributed by atoms with Crippen LogP contribution in [0.25, 0.3) is 0 Å². The van der Waals surface area contributed by atoms with Crippen LogP contribution in [0.3, 0.4) is 0 Å². The molecule has 1 amide bonds. The van der Waals surface area contributed by atoms with Crippen LogP contribution >= 0.6 is 0 Å². The monoisotopic (exact) mass is 386 g/mol. The third-order valence-electron chi connectivity index (χ3n) is 3.72. The zero-order valence-corrected chi connectivity index (χ0v) is 17.2. The normalized spacial score (nSPS) is 10.3. The molecule has 152 valence electrons. The number of hydrazine groups is 1. The second kappa shape index (κ2) is 11.9. The topological polar surface area (TPSA) is 87.9 Å². The zero-order chi connectivity index (χ0) is 21.1. The molecule has 0 aliphatic heterocycles. The highest BCUT2D eigenvalue weighted by molar-refractivity contribution is 5.93. The molecule has 0 aliphatic rings. The Labute approximate surface area is 167 Å². The molecule has 0 aromatic heterocycles. The predicted molar refractivity (Wildman–Crippen MR) is 111 cm³/mol. The molecule has 7 nitrogen and oxygen atoms in total. The van der Waals surface area contributed by atoms with E-state index in [9.17, 15) is 9.59 Å².